The van der Waals surface area contributed by atoms with E-state index >= 15 is 0 Å². The first-order chi connectivity index (χ1) is 7.98. The van der Waals surface area contributed by atoms with Crippen molar-refractivity contribution in [3.63, 3.8) is 0 Å². The van der Waals surface area contributed by atoms with Gasteiger partial charge in [0.2, 0.25) is 0 Å². The maximum Gasteiger partial charge on any atom is 0.253 e. The number of rotatable bonds is 1. The zero-order valence-corrected chi connectivity index (χ0v) is 11.1. The summed E-state index contributed by atoms with van der Waals surface area (Å²) in [6.45, 7) is 6.25. The largest absolute Gasteiger partial charge is 0.296 e. The Kier molecular flexibility index (Phi) is 3.36. The molecule has 0 aromatic carbocycles. The summed E-state index contributed by atoms with van der Waals surface area (Å²) < 4.78 is 1.83. The fourth-order valence-corrected chi connectivity index (χ4v) is 2.45. The van der Waals surface area contributed by atoms with Gasteiger partial charge in [-0.3, -0.25) is 9.36 Å². The van der Waals surface area contributed by atoms with E-state index in [9.17, 15) is 4.79 Å². The van der Waals surface area contributed by atoms with Gasteiger partial charge in [-0.25, -0.2) is 4.98 Å². The van der Waals surface area contributed by atoms with E-state index in [1.807, 2.05) is 4.57 Å². The average Bonchev–Trinajstić information content (AvgIpc) is 2.29. The highest BCUT2D eigenvalue weighted by Gasteiger charge is 2.20. The molecule has 1 heterocycles. The Labute approximate surface area is 103 Å². The van der Waals surface area contributed by atoms with Gasteiger partial charge in [0.15, 0.2) is 0 Å². The fourth-order valence-electron chi connectivity index (χ4n) is 2.45. The van der Waals surface area contributed by atoms with Gasteiger partial charge in [-0.15, -0.1) is 0 Å². The highest BCUT2D eigenvalue weighted by atomic mass is 16.1. The summed E-state index contributed by atoms with van der Waals surface area (Å²) in [6.07, 6.45) is 7.76. The summed E-state index contributed by atoms with van der Waals surface area (Å²) in [5.41, 5.74) is 0.941. The van der Waals surface area contributed by atoms with Crippen LogP contribution in [0.5, 0.6) is 0 Å². The molecule has 0 saturated heterocycles. The predicted molar refractivity (Wildman–Crippen MR) is 69.3 cm³/mol. The van der Waals surface area contributed by atoms with E-state index in [1.165, 1.54) is 19.3 Å². The van der Waals surface area contributed by atoms with Crippen LogP contribution in [-0.4, -0.2) is 9.55 Å². The van der Waals surface area contributed by atoms with Gasteiger partial charge in [-0.1, -0.05) is 40.0 Å². The lowest BCUT2D eigenvalue weighted by atomic mass is 9.92. The molecule has 0 amide bonds. The first-order valence-electron chi connectivity index (χ1n) is 6.57. The summed E-state index contributed by atoms with van der Waals surface area (Å²) in [6, 6.07) is 2.08. The van der Waals surface area contributed by atoms with Crippen LogP contribution in [0.2, 0.25) is 0 Å². The van der Waals surface area contributed by atoms with Gasteiger partial charge >= 0.3 is 0 Å². The standard InChI is InChI=1S/C14H22N2O/c1-14(2,3)12-9-13(17)16(10-15-12)11-7-5-4-6-8-11/h9-11H,4-8H2,1-3H3. The lowest BCUT2D eigenvalue weighted by Gasteiger charge is -2.24. The summed E-state index contributed by atoms with van der Waals surface area (Å²) in [7, 11) is 0. The molecule has 2 rings (SSSR count). The third kappa shape index (κ3) is 2.76. The van der Waals surface area contributed by atoms with Gasteiger partial charge in [0, 0.05) is 17.5 Å². The van der Waals surface area contributed by atoms with E-state index in [-0.39, 0.29) is 11.0 Å². The molecule has 3 heteroatoms. The van der Waals surface area contributed by atoms with Crippen molar-refractivity contribution in [2.75, 3.05) is 0 Å². The van der Waals surface area contributed by atoms with Crippen LogP contribution in [0.15, 0.2) is 17.2 Å². The number of nitrogens with zero attached hydrogens (tertiary/aromatic N) is 2. The van der Waals surface area contributed by atoms with Crippen molar-refractivity contribution in [3.05, 3.63) is 28.4 Å². The molecule has 0 spiro atoms. The van der Waals surface area contributed by atoms with Crippen LogP contribution in [0.25, 0.3) is 0 Å². The molecule has 1 aromatic heterocycles. The monoisotopic (exact) mass is 234 g/mol. The van der Waals surface area contributed by atoms with Crippen LogP contribution in [0, 0.1) is 0 Å². The summed E-state index contributed by atoms with van der Waals surface area (Å²) >= 11 is 0. The minimum absolute atomic E-state index is 0.0508. The number of aromatic nitrogens is 2. The Hall–Kier alpha value is -1.12. The number of hydrogen-bond donors (Lipinski definition) is 0. The molecule has 1 fully saturated rings. The molecule has 1 saturated carbocycles. The van der Waals surface area contributed by atoms with Crippen molar-refractivity contribution in [1.82, 2.24) is 9.55 Å². The predicted octanol–water partition coefficient (Wildman–Crippen LogP) is 3.05. The molecule has 0 aliphatic heterocycles. The van der Waals surface area contributed by atoms with E-state index < -0.39 is 0 Å². The first-order valence-corrected chi connectivity index (χ1v) is 6.57. The van der Waals surface area contributed by atoms with E-state index in [2.05, 4.69) is 25.8 Å². The third-order valence-electron chi connectivity index (χ3n) is 3.57. The summed E-state index contributed by atoms with van der Waals surface area (Å²) in [5, 5.41) is 0. The minimum atomic E-state index is -0.0508. The van der Waals surface area contributed by atoms with Gasteiger partial charge < -0.3 is 0 Å². The second kappa shape index (κ2) is 4.63. The van der Waals surface area contributed by atoms with Crippen molar-refractivity contribution in [2.45, 2.75) is 64.3 Å². The molecule has 0 N–H and O–H groups in total. The number of hydrogen-bond acceptors (Lipinski definition) is 2. The maximum absolute atomic E-state index is 12.1. The van der Waals surface area contributed by atoms with E-state index in [0.717, 1.165) is 18.5 Å². The van der Waals surface area contributed by atoms with Gasteiger partial charge in [0.05, 0.1) is 12.0 Å². The Morgan fingerprint density at radius 1 is 1.24 bits per heavy atom. The van der Waals surface area contributed by atoms with E-state index in [0.29, 0.717) is 6.04 Å². The Morgan fingerprint density at radius 2 is 1.88 bits per heavy atom. The molecular formula is C14H22N2O. The molecule has 0 unspecified atom stereocenters. The average molecular weight is 234 g/mol. The van der Waals surface area contributed by atoms with Gasteiger partial charge in [-0.2, -0.15) is 0 Å². The zero-order chi connectivity index (χ0) is 12.5. The lowest BCUT2D eigenvalue weighted by molar-refractivity contribution is 0.342. The highest BCUT2D eigenvalue weighted by molar-refractivity contribution is 5.10. The SMILES string of the molecule is CC(C)(C)c1cc(=O)n(C2CCCCC2)cn1. The maximum atomic E-state index is 12.1. The van der Waals surface area contributed by atoms with E-state index in [4.69, 9.17) is 0 Å². The minimum Gasteiger partial charge on any atom is -0.296 e. The van der Waals surface area contributed by atoms with Crippen LogP contribution < -0.4 is 5.56 Å². The molecule has 3 nitrogen and oxygen atoms in total. The Morgan fingerprint density at radius 3 is 2.41 bits per heavy atom. The first kappa shape index (κ1) is 12.3. The normalized spacial score (nSPS) is 18.3. The van der Waals surface area contributed by atoms with Crippen molar-refractivity contribution in [3.8, 4) is 0 Å². The van der Waals surface area contributed by atoms with Crippen LogP contribution in [0.4, 0.5) is 0 Å². The second-order valence-electron chi connectivity index (χ2n) is 6.06. The summed E-state index contributed by atoms with van der Waals surface area (Å²) in [4.78, 5) is 16.6. The second-order valence-corrected chi connectivity index (χ2v) is 6.06. The molecular weight excluding hydrogens is 212 g/mol. The third-order valence-corrected chi connectivity index (χ3v) is 3.57. The van der Waals surface area contributed by atoms with Gasteiger partial charge in [-0.05, 0) is 12.8 Å². The van der Waals surface area contributed by atoms with Crippen molar-refractivity contribution < 1.29 is 0 Å². The van der Waals surface area contributed by atoms with Gasteiger partial charge in [0.25, 0.3) is 5.56 Å². The van der Waals surface area contributed by atoms with Crippen LogP contribution in [-0.2, 0) is 5.41 Å². The van der Waals surface area contributed by atoms with Crippen LogP contribution in [0.1, 0.15) is 64.6 Å². The van der Waals surface area contributed by atoms with E-state index in [1.54, 1.807) is 12.4 Å². The Balaban J connectivity index is 2.28. The molecule has 0 radical (unpaired) electrons. The quantitative estimate of drug-likeness (QED) is 0.748. The molecule has 1 aliphatic carbocycles. The highest BCUT2D eigenvalue weighted by Crippen LogP contribution is 2.27. The molecule has 0 atom stereocenters. The zero-order valence-electron chi connectivity index (χ0n) is 11.1. The lowest BCUT2D eigenvalue weighted by Crippen LogP contribution is -2.28. The van der Waals surface area contributed by atoms with Gasteiger partial charge in [0.1, 0.15) is 0 Å². The molecule has 94 valence electrons. The molecule has 17 heavy (non-hydrogen) atoms. The molecule has 0 bridgehead atoms. The van der Waals surface area contributed by atoms with Crippen molar-refractivity contribution in [1.29, 1.82) is 0 Å². The van der Waals surface area contributed by atoms with Crippen LogP contribution >= 0.6 is 0 Å². The van der Waals surface area contributed by atoms with Crippen molar-refractivity contribution >= 4 is 0 Å². The summed E-state index contributed by atoms with van der Waals surface area (Å²) in [5.74, 6) is 0. The molecule has 1 aromatic rings. The smallest absolute Gasteiger partial charge is 0.253 e. The van der Waals surface area contributed by atoms with Crippen LogP contribution in [0.3, 0.4) is 0 Å². The molecule has 1 aliphatic rings. The van der Waals surface area contributed by atoms with Crippen molar-refractivity contribution in [2.24, 2.45) is 0 Å². The fraction of sp³-hybridized carbons (Fsp3) is 0.714. The Bertz CT molecular complexity index is 436. The topological polar surface area (TPSA) is 34.9 Å².